The quantitative estimate of drug-likeness (QED) is 0.275. The van der Waals surface area contributed by atoms with Crippen LogP contribution in [0.1, 0.15) is 75.3 Å². The van der Waals surface area contributed by atoms with E-state index in [-0.39, 0.29) is 16.7 Å². The zero-order chi connectivity index (χ0) is 23.3. The summed E-state index contributed by atoms with van der Waals surface area (Å²) in [7, 11) is 0. The molecule has 4 aromatic rings. The summed E-state index contributed by atoms with van der Waals surface area (Å²) in [6.45, 7) is 13.3. The van der Waals surface area contributed by atoms with E-state index < -0.39 is 0 Å². The molecular formula is C29H30Cl2O. The molecule has 0 spiro atoms. The Hall–Kier alpha value is -2.22. The standard InChI is InChI=1S/C29H30Cl2O/c1-28(2,3)22-11-9-18(10-12-22)26(19-7-8-20-16-32-17-21(20)13-19)24-14-23(29(4,5)6)15-25(30)27(24)31/h7-17,26H,1-6H3. The maximum atomic E-state index is 6.86. The molecule has 1 unspecified atom stereocenters. The molecule has 1 nitrogen and oxygen atoms in total. The normalized spacial score (nSPS) is 13.5. The van der Waals surface area contributed by atoms with Gasteiger partial charge in [0.15, 0.2) is 0 Å². The number of fused-ring (bicyclic) bond motifs is 1. The lowest BCUT2D eigenvalue weighted by Crippen LogP contribution is -2.14. The van der Waals surface area contributed by atoms with Crippen molar-refractivity contribution in [1.29, 1.82) is 0 Å². The summed E-state index contributed by atoms with van der Waals surface area (Å²) in [5.41, 5.74) is 5.89. The van der Waals surface area contributed by atoms with Gasteiger partial charge in [0.05, 0.1) is 22.6 Å². The minimum absolute atomic E-state index is 0.0435. The van der Waals surface area contributed by atoms with E-state index in [1.54, 1.807) is 12.5 Å². The average Bonchev–Trinajstić information content (AvgIpc) is 3.18. The number of rotatable bonds is 3. The fourth-order valence-corrected chi connectivity index (χ4v) is 4.59. The maximum absolute atomic E-state index is 6.86. The van der Waals surface area contributed by atoms with Crippen molar-refractivity contribution in [3.63, 3.8) is 0 Å². The van der Waals surface area contributed by atoms with Gasteiger partial charge in [0.1, 0.15) is 0 Å². The van der Waals surface area contributed by atoms with Gasteiger partial charge < -0.3 is 4.42 Å². The van der Waals surface area contributed by atoms with Crippen molar-refractivity contribution in [2.75, 3.05) is 0 Å². The maximum Gasteiger partial charge on any atom is 0.0981 e. The van der Waals surface area contributed by atoms with E-state index in [4.69, 9.17) is 27.6 Å². The predicted molar refractivity (Wildman–Crippen MR) is 137 cm³/mol. The molecule has 0 aliphatic carbocycles. The highest BCUT2D eigenvalue weighted by atomic mass is 35.5. The number of furan rings is 1. The van der Waals surface area contributed by atoms with Crippen molar-refractivity contribution in [1.82, 2.24) is 0 Å². The molecule has 32 heavy (non-hydrogen) atoms. The zero-order valence-corrected chi connectivity index (χ0v) is 21.1. The molecule has 0 amide bonds. The topological polar surface area (TPSA) is 13.1 Å². The van der Waals surface area contributed by atoms with Crippen LogP contribution >= 0.6 is 23.2 Å². The summed E-state index contributed by atoms with van der Waals surface area (Å²) >= 11 is 13.5. The van der Waals surface area contributed by atoms with Gasteiger partial charge >= 0.3 is 0 Å². The van der Waals surface area contributed by atoms with Crippen LogP contribution in [-0.2, 0) is 10.8 Å². The van der Waals surface area contributed by atoms with Gasteiger partial charge in [0.25, 0.3) is 0 Å². The molecule has 1 heterocycles. The summed E-state index contributed by atoms with van der Waals surface area (Å²) in [5, 5.41) is 3.36. The van der Waals surface area contributed by atoms with Crippen LogP contribution in [0.4, 0.5) is 0 Å². The van der Waals surface area contributed by atoms with Gasteiger partial charge in [-0.1, -0.05) is 107 Å². The van der Waals surface area contributed by atoms with E-state index in [1.807, 2.05) is 6.07 Å². The van der Waals surface area contributed by atoms with Gasteiger partial charge in [-0.2, -0.15) is 0 Å². The Bertz CT molecular complexity index is 1250. The lowest BCUT2D eigenvalue weighted by Gasteiger charge is -2.26. The van der Waals surface area contributed by atoms with Crippen molar-refractivity contribution in [2.45, 2.75) is 58.3 Å². The van der Waals surface area contributed by atoms with E-state index >= 15 is 0 Å². The van der Waals surface area contributed by atoms with Crippen molar-refractivity contribution in [2.24, 2.45) is 0 Å². The monoisotopic (exact) mass is 464 g/mol. The minimum Gasteiger partial charge on any atom is -0.471 e. The Kier molecular flexibility index (Phi) is 5.94. The molecule has 0 aliphatic heterocycles. The molecule has 1 aromatic heterocycles. The molecule has 166 valence electrons. The smallest absolute Gasteiger partial charge is 0.0981 e. The van der Waals surface area contributed by atoms with E-state index in [9.17, 15) is 0 Å². The lowest BCUT2D eigenvalue weighted by atomic mass is 9.79. The molecular weight excluding hydrogens is 435 g/mol. The Morgan fingerprint density at radius 1 is 0.656 bits per heavy atom. The molecule has 4 rings (SSSR count). The average molecular weight is 465 g/mol. The second-order valence-corrected chi connectivity index (χ2v) is 11.5. The highest BCUT2D eigenvalue weighted by Gasteiger charge is 2.25. The fraction of sp³-hybridized carbons (Fsp3) is 0.310. The van der Waals surface area contributed by atoms with Crippen LogP contribution in [-0.4, -0.2) is 0 Å². The zero-order valence-electron chi connectivity index (χ0n) is 19.6. The molecule has 1 atom stereocenters. The third-order valence-corrected chi connectivity index (χ3v) is 6.99. The molecule has 0 bridgehead atoms. The van der Waals surface area contributed by atoms with Gasteiger partial charge in [0, 0.05) is 16.7 Å². The molecule has 3 heteroatoms. The third kappa shape index (κ3) is 4.47. The number of hydrogen-bond donors (Lipinski definition) is 0. The lowest BCUT2D eigenvalue weighted by molar-refractivity contribution is 0.572. The fourth-order valence-electron chi connectivity index (χ4n) is 4.14. The summed E-state index contributed by atoms with van der Waals surface area (Å²) in [6.07, 6.45) is 3.56. The van der Waals surface area contributed by atoms with Crippen molar-refractivity contribution in [3.05, 3.63) is 105 Å². The van der Waals surface area contributed by atoms with Gasteiger partial charge in [-0.05, 0) is 50.8 Å². The first-order valence-corrected chi connectivity index (χ1v) is 11.8. The first-order chi connectivity index (χ1) is 14.9. The van der Waals surface area contributed by atoms with Crippen LogP contribution in [0.3, 0.4) is 0 Å². The van der Waals surface area contributed by atoms with Gasteiger partial charge in [-0.25, -0.2) is 0 Å². The Morgan fingerprint density at radius 3 is 1.88 bits per heavy atom. The molecule has 0 radical (unpaired) electrons. The highest BCUT2D eigenvalue weighted by molar-refractivity contribution is 6.42. The molecule has 0 fully saturated rings. The number of halogens is 2. The summed E-state index contributed by atoms with van der Waals surface area (Å²) in [5.74, 6) is -0.0457. The first kappa shape index (κ1) is 23.0. The second-order valence-electron chi connectivity index (χ2n) is 10.7. The Balaban J connectivity index is 1.95. The molecule has 0 saturated heterocycles. The summed E-state index contributed by atoms with van der Waals surface area (Å²) in [6, 6.07) is 19.6. The molecule has 0 aliphatic rings. The second kappa shape index (κ2) is 8.28. The van der Waals surface area contributed by atoms with Crippen molar-refractivity contribution in [3.8, 4) is 0 Å². The molecule has 0 saturated carbocycles. The number of benzene rings is 3. The van der Waals surface area contributed by atoms with Crippen LogP contribution in [0.25, 0.3) is 10.8 Å². The van der Waals surface area contributed by atoms with Crippen molar-refractivity contribution >= 4 is 34.0 Å². The molecule has 3 aromatic carbocycles. The summed E-state index contributed by atoms with van der Waals surface area (Å²) in [4.78, 5) is 0. The minimum atomic E-state index is -0.0457. The molecule has 0 N–H and O–H groups in total. The first-order valence-electron chi connectivity index (χ1n) is 11.0. The largest absolute Gasteiger partial charge is 0.471 e. The van der Waals surface area contributed by atoms with Crippen LogP contribution in [0.15, 0.2) is 71.5 Å². The predicted octanol–water partition coefficient (Wildman–Crippen LogP) is 9.51. The van der Waals surface area contributed by atoms with Crippen LogP contribution in [0.5, 0.6) is 0 Å². The van der Waals surface area contributed by atoms with Gasteiger partial charge in [0.2, 0.25) is 0 Å². The number of hydrogen-bond acceptors (Lipinski definition) is 1. The van der Waals surface area contributed by atoms with E-state index in [1.165, 1.54) is 16.7 Å². The van der Waals surface area contributed by atoms with Gasteiger partial charge in [-0.3, -0.25) is 0 Å². The van der Waals surface area contributed by atoms with Crippen LogP contribution in [0.2, 0.25) is 10.0 Å². The van der Waals surface area contributed by atoms with E-state index in [0.717, 1.165) is 21.9 Å². The SMILES string of the molecule is CC(C)(C)c1ccc(C(c2ccc3cocc3c2)c2cc(C(C)(C)C)cc(Cl)c2Cl)cc1. The van der Waals surface area contributed by atoms with Crippen molar-refractivity contribution < 1.29 is 4.42 Å². The van der Waals surface area contributed by atoms with E-state index in [0.29, 0.717) is 10.0 Å². The Morgan fingerprint density at radius 2 is 1.25 bits per heavy atom. The van der Waals surface area contributed by atoms with E-state index in [2.05, 4.69) is 90.1 Å². The van der Waals surface area contributed by atoms with Gasteiger partial charge in [-0.15, -0.1) is 0 Å². The highest BCUT2D eigenvalue weighted by Crippen LogP contribution is 2.42. The summed E-state index contributed by atoms with van der Waals surface area (Å²) < 4.78 is 5.42. The van der Waals surface area contributed by atoms with Crippen LogP contribution in [0, 0.1) is 0 Å². The Labute approximate surface area is 201 Å². The third-order valence-electron chi connectivity index (χ3n) is 6.18. The van der Waals surface area contributed by atoms with Crippen LogP contribution < -0.4 is 0 Å².